The molecule has 0 aliphatic rings. The lowest BCUT2D eigenvalue weighted by Crippen LogP contribution is -2.43. The molecule has 1 aromatic carbocycles. The van der Waals surface area contributed by atoms with E-state index in [0.29, 0.717) is 11.8 Å². The Morgan fingerprint density at radius 1 is 1.40 bits per heavy atom. The Labute approximate surface area is 140 Å². The van der Waals surface area contributed by atoms with Crippen molar-refractivity contribution in [3.05, 3.63) is 53.8 Å². The quantitative estimate of drug-likeness (QED) is 0.686. The number of halogens is 2. The van der Waals surface area contributed by atoms with E-state index in [9.17, 15) is 18.4 Å². The molecular formula is C16H13F2N3O4. The number of carbonyl (C=O) groups excluding carboxylic acids is 2. The summed E-state index contributed by atoms with van der Waals surface area (Å²) in [5.74, 6) is -3.16. The standard InChI is InChI=1S/C16H13F2N3O4/c1-24-16(23)13(4-9-5-19-7-20-9)21-15(22)11-6-25-14-10(11)2-8(17)3-12(14)18/h2-3,5-7,13H,4H2,1H3,(H,19,20)(H,21,22)/t13-/m1/s1. The number of methoxy groups -OCH3 is 1. The maximum Gasteiger partial charge on any atom is 0.328 e. The van der Waals surface area contributed by atoms with Crippen LogP contribution in [-0.2, 0) is 16.0 Å². The van der Waals surface area contributed by atoms with Crippen molar-refractivity contribution >= 4 is 22.8 Å². The smallest absolute Gasteiger partial charge is 0.328 e. The molecule has 0 saturated heterocycles. The highest BCUT2D eigenvalue weighted by atomic mass is 19.1. The minimum absolute atomic E-state index is 0.0276. The van der Waals surface area contributed by atoms with Crippen LogP contribution in [0.5, 0.6) is 0 Å². The number of H-pyrrole nitrogens is 1. The molecule has 3 rings (SSSR count). The van der Waals surface area contributed by atoms with E-state index in [2.05, 4.69) is 20.0 Å². The van der Waals surface area contributed by atoms with Crippen LogP contribution in [0.4, 0.5) is 8.78 Å². The van der Waals surface area contributed by atoms with E-state index < -0.39 is 29.6 Å². The van der Waals surface area contributed by atoms with Crippen molar-refractivity contribution in [3.63, 3.8) is 0 Å². The van der Waals surface area contributed by atoms with Crippen molar-refractivity contribution in [2.75, 3.05) is 7.11 Å². The molecule has 2 N–H and O–H groups in total. The fourth-order valence-corrected chi connectivity index (χ4v) is 2.43. The molecule has 0 fully saturated rings. The van der Waals surface area contributed by atoms with Gasteiger partial charge in [0.2, 0.25) is 0 Å². The maximum atomic E-state index is 13.7. The van der Waals surface area contributed by atoms with Gasteiger partial charge >= 0.3 is 5.97 Å². The average molecular weight is 349 g/mol. The number of fused-ring (bicyclic) bond motifs is 1. The van der Waals surface area contributed by atoms with Gasteiger partial charge in [-0.15, -0.1) is 0 Å². The Balaban J connectivity index is 1.87. The molecule has 0 bridgehead atoms. The molecule has 0 saturated carbocycles. The average Bonchev–Trinajstić information content (AvgIpc) is 3.22. The third-order valence-corrected chi connectivity index (χ3v) is 3.61. The zero-order valence-electron chi connectivity index (χ0n) is 13.0. The lowest BCUT2D eigenvalue weighted by atomic mass is 10.1. The molecule has 0 radical (unpaired) electrons. The molecule has 1 atom stereocenters. The molecule has 0 spiro atoms. The number of benzene rings is 1. The predicted molar refractivity (Wildman–Crippen MR) is 81.7 cm³/mol. The van der Waals surface area contributed by atoms with Gasteiger partial charge in [-0.25, -0.2) is 18.6 Å². The van der Waals surface area contributed by atoms with Gasteiger partial charge in [0.1, 0.15) is 18.1 Å². The Morgan fingerprint density at radius 3 is 2.88 bits per heavy atom. The number of hydrogen-bond acceptors (Lipinski definition) is 5. The molecule has 0 unspecified atom stereocenters. The number of carbonyl (C=O) groups is 2. The van der Waals surface area contributed by atoms with E-state index in [1.165, 1.54) is 19.6 Å². The van der Waals surface area contributed by atoms with Gasteiger partial charge in [0.05, 0.1) is 19.0 Å². The number of amides is 1. The van der Waals surface area contributed by atoms with E-state index in [1.807, 2.05) is 0 Å². The van der Waals surface area contributed by atoms with Crippen molar-refractivity contribution in [2.45, 2.75) is 12.5 Å². The van der Waals surface area contributed by atoms with Gasteiger partial charge in [-0.05, 0) is 6.07 Å². The molecule has 1 amide bonds. The van der Waals surface area contributed by atoms with Crippen LogP contribution in [0.25, 0.3) is 11.0 Å². The Morgan fingerprint density at radius 2 is 2.20 bits per heavy atom. The molecule has 130 valence electrons. The first-order valence-electron chi connectivity index (χ1n) is 7.21. The molecule has 25 heavy (non-hydrogen) atoms. The number of nitrogens with zero attached hydrogens (tertiary/aromatic N) is 1. The summed E-state index contributed by atoms with van der Waals surface area (Å²) < 4.78 is 36.8. The van der Waals surface area contributed by atoms with E-state index >= 15 is 0 Å². The number of imidazole rings is 1. The SMILES string of the molecule is COC(=O)[C@@H](Cc1cnc[nH]1)NC(=O)c1coc2c(F)cc(F)cc12. The summed E-state index contributed by atoms with van der Waals surface area (Å²) in [6.07, 6.45) is 4.05. The highest BCUT2D eigenvalue weighted by Gasteiger charge is 2.25. The zero-order valence-corrected chi connectivity index (χ0v) is 13.0. The number of ether oxygens (including phenoxy) is 1. The van der Waals surface area contributed by atoms with Gasteiger partial charge in [-0.2, -0.15) is 0 Å². The molecule has 0 aliphatic carbocycles. The summed E-state index contributed by atoms with van der Waals surface area (Å²) >= 11 is 0. The summed E-state index contributed by atoms with van der Waals surface area (Å²) in [6, 6.07) is 0.628. The summed E-state index contributed by atoms with van der Waals surface area (Å²) in [6.45, 7) is 0. The van der Waals surface area contributed by atoms with Crippen LogP contribution in [0.2, 0.25) is 0 Å². The van der Waals surface area contributed by atoms with Gasteiger partial charge < -0.3 is 19.5 Å². The lowest BCUT2D eigenvalue weighted by molar-refractivity contribution is -0.142. The first-order valence-corrected chi connectivity index (χ1v) is 7.21. The van der Waals surface area contributed by atoms with Gasteiger partial charge in [0.25, 0.3) is 5.91 Å². The number of hydrogen-bond donors (Lipinski definition) is 2. The monoisotopic (exact) mass is 349 g/mol. The molecule has 2 aromatic heterocycles. The number of nitrogens with one attached hydrogen (secondary N) is 2. The maximum absolute atomic E-state index is 13.7. The minimum atomic E-state index is -1.01. The first-order chi connectivity index (χ1) is 12.0. The van der Waals surface area contributed by atoms with Gasteiger partial charge in [0, 0.05) is 29.8 Å². The number of aromatic nitrogens is 2. The zero-order chi connectivity index (χ0) is 18.0. The molecule has 9 heteroatoms. The molecule has 7 nitrogen and oxygen atoms in total. The van der Waals surface area contributed by atoms with Crippen LogP contribution in [0.1, 0.15) is 16.1 Å². The highest BCUT2D eigenvalue weighted by molar-refractivity contribution is 6.07. The van der Waals surface area contributed by atoms with Crippen LogP contribution >= 0.6 is 0 Å². The topological polar surface area (TPSA) is 97.2 Å². The fraction of sp³-hybridized carbons (Fsp3) is 0.188. The molecule has 0 aliphatic heterocycles. The summed E-state index contributed by atoms with van der Waals surface area (Å²) in [4.78, 5) is 31.0. The van der Waals surface area contributed by atoms with Crippen molar-refractivity contribution in [1.29, 1.82) is 0 Å². The largest absolute Gasteiger partial charge is 0.467 e. The summed E-state index contributed by atoms with van der Waals surface area (Å²) in [7, 11) is 1.19. The summed E-state index contributed by atoms with van der Waals surface area (Å²) in [5, 5.41) is 2.45. The second-order valence-corrected chi connectivity index (χ2v) is 5.24. The van der Waals surface area contributed by atoms with E-state index in [0.717, 1.165) is 12.3 Å². The van der Waals surface area contributed by atoms with Gasteiger partial charge in [-0.1, -0.05) is 0 Å². The van der Waals surface area contributed by atoms with Crippen LogP contribution in [0, 0.1) is 11.6 Å². The third kappa shape index (κ3) is 3.35. The number of aromatic amines is 1. The molecule has 3 aromatic rings. The van der Waals surface area contributed by atoms with Gasteiger partial charge in [0.15, 0.2) is 11.4 Å². The number of furan rings is 1. The number of rotatable bonds is 5. The third-order valence-electron chi connectivity index (χ3n) is 3.61. The first kappa shape index (κ1) is 16.6. The minimum Gasteiger partial charge on any atom is -0.467 e. The highest BCUT2D eigenvalue weighted by Crippen LogP contribution is 2.25. The normalized spacial score (nSPS) is 12.1. The van der Waals surface area contributed by atoms with Crippen molar-refractivity contribution in [3.8, 4) is 0 Å². The van der Waals surface area contributed by atoms with Crippen LogP contribution in [-0.4, -0.2) is 35.0 Å². The van der Waals surface area contributed by atoms with E-state index in [1.54, 1.807) is 0 Å². The fourth-order valence-electron chi connectivity index (χ4n) is 2.43. The van der Waals surface area contributed by atoms with Crippen molar-refractivity contribution in [1.82, 2.24) is 15.3 Å². The predicted octanol–water partition coefficient (Wildman–Crippen LogP) is 1.95. The lowest BCUT2D eigenvalue weighted by Gasteiger charge is -2.15. The van der Waals surface area contributed by atoms with Crippen molar-refractivity contribution < 1.29 is 27.5 Å². The van der Waals surface area contributed by atoms with Crippen LogP contribution < -0.4 is 5.32 Å². The Hall–Kier alpha value is -3.23. The van der Waals surface area contributed by atoms with E-state index in [4.69, 9.17) is 4.42 Å². The van der Waals surface area contributed by atoms with E-state index in [-0.39, 0.29) is 23.0 Å². The molecular weight excluding hydrogens is 336 g/mol. The van der Waals surface area contributed by atoms with Crippen LogP contribution in [0.3, 0.4) is 0 Å². The summed E-state index contributed by atoms with van der Waals surface area (Å²) in [5.41, 5.74) is 0.270. The van der Waals surface area contributed by atoms with Crippen LogP contribution in [0.15, 0.2) is 35.3 Å². The Bertz CT molecular complexity index is 921. The van der Waals surface area contributed by atoms with Gasteiger partial charge in [-0.3, -0.25) is 4.79 Å². The Kier molecular flexibility index (Phi) is 4.46. The molecule has 2 heterocycles. The number of esters is 1. The second kappa shape index (κ2) is 6.71. The van der Waals surface area contributed by atoms with Crippen molar-refractivity contribution in [2.24, 2.45) is 0 Å². The second-order valence-electron chi connectivity index (χ2n) is 5.24.